The summed E-state index contributed by atoms with van der Waals surface area (Å²) in [4.78, 5) is 0. The molecule has 1 aromatic carbocycles. The molecule has 2 N–H and O–H groups in total. The van der Waals surface area contributed by atoms with Crippen LogP contribution in [0.3, 0.4) is 0 Å². The number of hydrogen-bond donors (Lipinski definition) is 2. The fraction of sp³-hybridized carbons (Fsp3) is 0.571. The Labute approximate surface area is 111 Å². The van der Waals surface area contributed by atoms with E-state index in [9.17, 15) is 13.9 Å². The summed E-state index contributed by atoms with van der Waals surface area (Å²) in [6.45, 7) is 0.412. The van der Waals surface area contributed by atoms with Crippen LogP contribution in [0.15, 0.2) is 18.2 Å². The van der Waals surface area contributed by atoms with Crippen molar-refractivity contribution < 1.29 is 18.6 Å². The zero-order valence-corrected chi connectivity index (χ0v) is 10.7. The van der Waals surface area contributed by atoms with Gasteiger partial charge in [-0.2, -0.15) is 0 Å². The average Bonchev–Trinajstić information content (AvgIpc) is 2.88. The van der Waals surface area contributed by atoms with E-state index in [1.54, 1.807) is 0 Å². The third-order valence-corrected chi connectivity index (χ3v) is 3.29. The van der Waals surface area contributed by atoms with E-state index in [0.29, 0.717) is 0 Å². The summed E-state index contributed by atoms with van der Waals surface area (Å²) < 4.78 is 31.6. The molecule has 1 aliphatic carbocycles. The number of rotatable bonds is 6. The summed E-state index contributed by atoms with van der Waals surface area (Å²) in [6.07, 6.45) is 4.00. The lowest BCUT2D eigenvalue weighted by Gasteiger charge is -2.16. The van der Waals surface area contributed by atoms with E-state index in [-0.39, 0.29) is 24.9 Å². The SMILES string of the molecule is OC(CNc1ccc(F)cc1F)COC1CCCC1. The maximum Gasteiger partial charge on any atom is 0.149 e. The molecular formula is C14H19F2NO2. The minimum Gasteiger partial charge on any atom is -0.389 e. The number of aliphatic hydroxyl groups excluding tert-OH is 1. The Kier molecular flexibility index (Phi) is 5.10. The van der Waals surface area contributed by atoms with Gasteiger partial charge in [-0.1, -0.05) is 12.8 Å². The lowest BCUT2D eigenvalue weighted by Crippen LogP contribution is -2.27. The Hall–Kier alpha value is -1.20. The molecule has 19 heavy (non-hydrogen) atoms. The first-order valence-electron chi connectivity index (χ1n) is 6.64. The third-order valence-electron chi connectivity index (χ3n) is 3.29. The highest BCUT2D eigenvalue weighted by Gasteiger charge is 2.17. The van der Waals surface area contributed by atoms with Crippen LogP contribution in [0.4, 0.5) is 14.5 Å². The molecule has 1 saturated carbocycles. The van der Waals surface area contributed by atoms with Crippen molar-refractivity contribution in [2.75, 3.05) is 18.5 Å². The molecule has 0 heterocycles. The van der Waals surface area contributed by atoms with Crippen LogP contribution >= 0.6 is 0 Å². The molecule has 2 rings (SSSR count). The number of nitrogens with one attached hydrogen (secondary N) is 1. The number of halogens is 2. The zero-order valence-electron chi connectivity index (χ0n) is 10.7. The van der Waals surface area contributed by atoms with Crippen molar-refractivity contribution in [3.8, 4) is 0 Å². The van der Waals surface area contributed by atoms with Crippen molar-refractivity contribution in [3.05, 3.63) is 29.8 Å². The van der Waals surface area contributed by atoms with Gasteiger partial charge in [-0.05, 0) is 25.0 Å². The van der Waals surface area contributed by atoms with Gasteiger partial charge in [0.25, 0.3) is 0 Å². The van der Waals surface area contributed by atoms with Crippen LogP contribution in [-0.4, -0.2) is 30.5 Å². The monoisotopic (exact) mass is 271 g/mol. The molecule has 1 fully saturated rings. The first kappa shape index (κ1) is 14.2. The van der Waals surface area contributed by atoms with E-state index in [2.05, 4.69) is 5.32 Å². The molecular weight excluding hydrogens is 252 g/mol. The molecule has 0 bridgehead atoms. The maximum atomic E-state index is 13.3. The summed E-state index contributed by atoms with van der Waals surface area (Å²) in [5, 5.41) is 12.5. The molecule has 1 aliphatic rings. The zero-order chi connectivity index (χ0) is 13.7. The van der Waals surface area contributed by atoms with Gasteiger partial charge in [-0.25, -0.2) is 8.78 Å². The summed E-state index contributed by atoms with van der Waals surface area (Å²) in [5.41, 5.74) is 0.182. The van der Waals surface area contributed by atoms with E-state index in [1.165, 1.54) is 25.0 Å². The molecule has 0 radical (unpaired) electrons. The second kappa shape index (κ2) is 6.82. The number of anilines is 1. The summed E-state index contributed by atoms with van der Waals surface area (Å²) >= 11 is 0. The van der Waals surface area contributed by atoms with Crippen LogP contribution in [0, 0.1) is 11.6 Å². The third kappa shape index (κ3) is 4.44. The van der Waals surface area contributed by atoms with Crippen LogP contribution in [0.1, 0.15) is 25.7 Å². The van der Waals surface area contributed by atoms with Crippen LogP contribution in [-0.2, 0) is 4.74 Å². The fourth-order valence-corrected chi connectivity index (χ4v) is 2.22. The van der Waals surface area contributed by atoms with E-state index >= 15 is 0 Å². The molecule has 3 nitrogen and oxygen atoms in total. The van der Waals surface area contributed by atoms with E-state index in [4.69, 9.17) is 4.74 Å². The second-order valence-corrected chi connectivity index (χ2v) is 4.90. The van der Waals surface area contributed by atoms with Crippen molar-refractivity contribution in [2.24, 2.45) is 0 Å². The molecule has 1 aromatic rings. The highest BCUT2D eigenvalue weighted by molar-refractivity contribution is 5.44. The predicted octanol–water partition coefficient (Wildman–Crippen LogP) is 2.70. The molecule has 1 atom stereocenters. The summed E-state index contributed by atoms with van der Waals surface area (Å²) in [6, 6.07) is 3.30. The summed E-state index contributed by atoms with van der Waals surface area (Å²) in [7, 11) is 0. The molecule has 0 saturated heterocycles. The minimum absolute atomic E-state index is 0.176. The van der Waals surface area contributed by atoms with Gasteiger partial charge < -0.3 is 15.2 Å². The maximum absolute atomic E-state index is 13.3. The molecule has 106 valence electrons. The van der Waals surface area contributed by atoms with Crippen molar-refractivity contribution >= 4 is 5.69 Å². The Balaban J connectivity index is 1.71. The lowest BCUT2D eigenvalue weighted by molar-refractivity contribution is -0.00119. The minimum atomic E-state index is -0.704. The average molecular weight is 271 g/mol. The topological polar surface area (TPSA) is 41.5 Å². The van der Waals surface area contributed by atoms with Gasteiger partial charge in [0.15, 0.2) is 0 Å². The Morgan fingerprint density at radius 2 is 2.05 bits per heavy atom. The van der Waals surface area contributed by atoms with Crippen molar-refractivity contribution in [1.29, 1.82) is 0 Å². The fourth-order valence-electron chi connectivity index (χ4n) is 2.22. The van der Waals surface area contributed by atoms with Crippen molar-refractivity contribution in [2.45, 2.75) is 37.9 Å². The van der Waals surface area contributed by atoms with Gasteiger partial charge in [-0.3, -0.25) is 0 Å². The van der Waals surface area contributed by atoms with Gasteiger partial charge in [0.2, 0.25) is 0 Å². The van der Waals surface area contributed by atoms with Gasteiger partial charge in [0.1, 0.15) is 11.6 Å². The molecule has 1 unspecified atom stereocenters. The number of aliphatic hydroxyl groups is 1. The normalized spacial score (nSPS) is 17.6. The van der Waals surface area contributed by atoms with Crippen LogP contribution < -0.4 is 5.32 Å². The van der Waals surface area contributed by atoms with Crippen LogP contribution in [0.25, 0.3) is 0 Å². The molecule has 0 spiro atoms. The Morgan fingerprint density at radius 1 is 1.32 bits per heavy atom. The van der Waals surface area contributed by atoms with E-state index in [1.807, 2.05) is 0 Å². The predicted molar refractivity (Wildman–Crippen MR) is 69.1 cm³/mol. The van der Waals surface area contributed by atoms with Gasteiger partial charge in [-0.15, -0.1) is 0 Å². The second-order valence-electron chi connectivity index (χ2n) is 4.90. The van der Waals surface area contributed by atoms with E-state index < -0.39 is 17.7 Å². The first-order valence-corrected chi connectivity index (χ1v) is 6.64. The molecule has 0 aliphatic heterocycles. The van der Waals surface area contributed by atoms with Crippen LogP contribution in [0.2, 0.25) is 0 Å². The van der Waals surface area contributed by atoms with Crippen molar-refractivity contribution in [1.82, 2.24) is 0 Å². The first-order chi connectivity index (χ1) is 9.15. The lowest BCUT2D eigenvalue weighted by atomic mass is 10.2. The smallest absolute Gasteiger partial charge is 0.149 e. The largest absolute Gasteiger partial charge is 0.389 e. The standard InChI is InChI=1S/C14H19F2NO2/c15-10-5-6-14(13(16)7-10)17-8-11(18)9-19-12-3-1-2-4-12/h5-7,11-12,17-18H,1-4,8-9H2. The number of hydrogen-bond acceptors (Lipinski definition) is 3. The Morgan fingerprint density at radius 3 is 2.74 bits per heavy atom. The highest BCUT2D eigenvalue weighted by atomic mass is 19.1. The van der Waals surface area contributed by atoms with Gasteiger partial charge in [0, 0.05) is 12.6 Å². The molecule has 0 aromatic heterocycles. The quantitative estimate of drug-likeness (QED) is 0.836. The highest BCUT2D eigenvalue weighted by Crippen LogP contribution is 2.21. The Bertz CT molecular complexity index is 408. The number of benzene rings is 1. The van der Waals surface area contributed by atoms with Gasteiger partial charge >= 0.3 is 0 Å². The molecule has 0 amide bonds. The summed E-state index contributed by atoms with van der Waals surface area (Å²) in [5.74, 6) is -1.28. The van der Waals surface area contributed by atoms with Crippen molar-refractivity contribution in [3.63, 3.8) is 0 Å². The number of ether oxygens (including phenoxy) is 1. The van der Waals surface area contributed by atoms with E-state index in [0.717, 1.165) is 18.9 Å². The van der Waals surface area contributed by atoms with Crippen LogP contribution in [0.5, 0.6) is 0 Å². The van der Waals surface area contributed by atoms with Gasteiger partial charge in [0.05, 0.1) is 24.5 Å². The molecule has 5 heteroatoms.